The fourth-order valence-corrected chi connectivity index (χ4v) is 2.12. The average molecular weight is 283 g/mol. The molecule has 2 heterocycles. The lowest BCUT2D eigenvalue weighted by Crippen LogP contribution is -2.00. The quantitative estimate of drug-likeness (QED) is 0.748. The molecule has 0 aliphatic carbocycles. The molecule has 0 radical (unpaired) electrons. The van der Waals surface area contributed by atoms with E-state index in [-0.39, 0.29) is 5.75 Å². The van der Waals surface area contributed by atoms with Gasteiger partial charge in [-0.05, 0) is 36.8 Å². The van der Waals surface area contributed by atoms with E-state index in [1.165, 1.54) is 0 Å². The Kier molecular flexibility index (Phi) is 3.31. The lowest BCUT2D eigenvalue weighted by molar-refractivity contribution is 0.304. The zero-order valence-corrected chi connectivity index (χ0v) is 11.4. The Morgan fingerprint density at radius 2 is 2.00 bits per heavy atom. The van der Waals surface area contributed by atoms with Gasteiger partial charge in [0.25, 0.3) is 0 Å². The summed E-state index contributed by atoms with van der Waals surface area (Å²) >= 11 is 0. The summed E-state index contributed by atoms with van der Waals surface area (Å²) in [6.07, 6.45) is 3.39. The molecule has 1 aromatic carbocycles. The van der Waals surface area contributed by atoms with Crippen LogP contribution in [-0.2, 0) is 6.61 Å². The maximum Gasteiger partial charge on any atom is 0.339 e. The van der Waals surface area contributed by atoms with E-state index in [9.17, 15) is 9.90 Å². The van der Waals surface area contributed by atoms with Crippen LogP contribution >= 0.6 is 0 Å². The zero-order chi connectivity index (χ0) is 14.8. The standard InChI is InChI=1S/C16H13NO4/c1-10-14(20-9-11-4-6-17-7-5-11)3-2-12-13(18)8-15(19)21-16(10)12/h2-8,18H,9H2,1H3. The first-order chi connectivity index (χ1) is 10.1. The number of hydrogen-bond donors (Lipinski definition) is 1. The number of rotatable bonds is 3. The van der Waals surface area contributed by atoms with Crippen LogP contribution in [0.2, 0.25) is 0 Å². The molecule has 0 atom stereocenters. The minimum atomic E-state index is -0.589. The molecule has 0 fully saturated rings. The Labute approximate surface area is 120 Å². The van der Waals surface area contributed by atoms with Gasteiger partial charge in [0.05, 0.1) is 11.5 Å². The average Bonchev–Trinajstić information content (AvgIpc) is 2.48. The molecule has 3 rings (SSSR count). The van der Waals surface area contributed by atoms with Crippen molar-refractivity contribution in [3.63, 3.8) is 0 Å². The Morgan fingerprint density at radius 3 is 2.76 bits per heavy atom. The van der Waals surface area contributed by atoms with Gasteiger partial charge in [-0.3, -0.25) is 4.98 Å². The van der Waals surface area contributed by atoms with E-state index in [0.29, 0.717) is 28.9 Å². The molecule has 0 aliphatic rings. The minimum Gasteiger partial charge on any atom is -0.507 e. The highest BCUT2D eigenvalue weighted by Crippen LogP contribution is 2.31. The molecule has 5 nitrogen and oxygen atoms in total. The molecule has 1 N–H and O–H groups in total. The van der Waals surface area contributed by atoms with Crippen molar-refractivity contribution in [3.05, 3.63) is 64.3 Å². The van der Waals surface area contributed by atoms with Gasteiger partial charge in [-0.15, -0.1) is 0 Å². The van der Waals surface area contributed by atoms with Crippen LogP contribution in [-0.4, -0.2) is 10.1 Å². The number of pyridine rings is 1. The van der Waals surface area contributed by atoms with Gasteiger partial charge in [0.2, 0.25) is 0 Å². The zero-order valence-electron chi connectivity index (χ0n) is 11.4. The molecule has 0 aliphatic heterocycles. The third-order valence-electron chi connectivity index (χ3n) is 3.23. The summed E-state index contributed by atoms with van der Waals surface area (Å²) < 4.78 is 10.9. The van der Waals surface area contributed by atoms with Crippen LogP contribution in [0.5, 0.6) is 11.5 Å². The smallest absolute Gasteiger partial charge is 0.339 e. The lowest BCUT2D eigenvalue weighted by atomic mass is 10.1. The van der Waals surface area contributed by atoms with Gasteiger partial charge in [-0.25, -0.2) is 4.79 Å². The molecule has 0 unspecified atom stereocenters. The van der Waals surface area contributed by atoms with Crippen LogP contribution in [0, 0.1) is 6.92 Å². The van der Waals surface area contributed by atoms with Crippen molar-refractivity contribution in [1.82, 2.24) is 4.98 Å². The Balaban J connectivity index is 1.97. The van der Waals surface area contributed by atoms with Crippen molar-refractivity contribution < 1.29 is 14.3 Å². The molecule has 3 aromatic rings. The predicted molar refractivity (Wildman–Crippen MR) is 77.5 cm³/mol. The van der Waals surface area contributed by atoms with Crippen LogP contribution in [0.3, 0.4) is 0 Å². The molecule has 0 amide bonds. The van der Waals surface area contributed by atoms with E-state index in [2.05, 4.69) is 4.98 Å². The summed E-state index contributed by atoms with van der Waals surface area (Å²) in [6.45, 7) is 2.17. The van der Waals surface area contributed by atoms with Crippen LogP contribution in [0.4, 0.5) is 0 Å². The fourth-order valence-electron chi connectivity index (χ4n) is 2.12. The van der Waals surface area contributed by atoms with E-state index in [1.54, 1.807) is 31.5 Å². The van der Waals surface area contributed by atoms with Gasteiger partial charge in [-0.2, -0.15) is 0 Å². The van der Waals surface area contributed by atoms with Gasteiger partial charge >= 0.3 is 5.63 Å². The van der Waals surface area contributed by atoms with E-state index < -0.39 is 5.63 Å². The van der Waals surface area contributed by atoms with Crippen LogP contribution in [0.15, 0.2) is 51.9 Å². The molecular formula is C16H13NO4. The molecule has 0 saturated carbocycles. The van der Waals surface area contributed by atoms with E-state index in [4.69, 9.17) is 9.15 Å². The number of aromatic nitrogens is 1. The largest absolute Gasteiger partial charge is 0.507 e. The summed E-state index contributed by atoms with van der Waals surface area (Å²) in [6, 6.07) is 8.20. The molecular weight excluding hydrogens is 270 g/mol. The first-order valence-electron chi connectivity index (χ1n) is 6.43. The monoisotopic (exact) mass is 283 g/mol. The molecule has 0 spiro atoms. The Morgan fingerprint density at radius 1 is 1.24 bits per heavy atom. The summed E-state index contributed by atoms with van der Waals surface area (Å²) in [5.41, 5.74) is 1.41. The topological polar surface area (TPSA) is 72.6 Å². The molecule has 0 saturated heterocycles. The molecule has 5 heteroatoms. The number of ether oxygens (including phenoxy) is 1. The van der Waals surface area contributed by atoms with E-state index >= 15 is 0 Å². The third-order valence-corrected chi connectivity index (χ3v) is 3.23. The number of benzene rings is 1. The second-order valence-corrected chi connectivity index (χ2v) is 4.66. The van der Waals surface area contributed by atoms with E-state index in [0.717, 1.165) is 11.6 Å². The van der Waals surface area contributed by atoms with Crippen LogP contribution < -0.4 is 10.4 Å². The molecule has 21 heavy (non-hydrogen) atoms. The Bertz CT molecular complexity index is 840. The number of aromatic hydroxyl groups is 1. The third kappa shape index (κ3) is 2.58. The molecule has 0 bridgehead atoms. The number of aryl methyl sites for hydroxylation is 1. The van der Waals surface area contributed by atoms with Gasteiger partial charge in [-0.1, -0.05) is 0 Å². The predicted octanol–water partition coefficient (Wildman–Crippen LogP) is 2.78. The van der Waals surface area contributed by atoms with Crippen molar-refractivity contribution in [2.45, 2.75) is 13.5 Å². The van der Waals surface area contributed by atoms with Crippen molar-refractivity contribution in [3.8, 4) is 11.5 Å². The van der Waals surface area contributed by atoms with Gasteiger partial charge < -0.3 is 14.3 Å². The lowest BCUT2D eigenvalue weighted by Gasteiger charge is -2.11. The number of nitrogens with zero attached hydrogens (tertiary/aromatic N) is 1. The summed E-state index contributed by atoms with van der Waals surface area (Å²) in [5, 5.41) is 10.3. The SMILES string of the molecule is Cc1c(OCc2ccncc2)ccc2c(O)cc(=O)oc12. The summed E-state index contributed by atoms with van der Waals surface area (Å²) in [5.74, 6) is 0.512. The second kappa shape index (κ2) is 5.28. The van der Waals surface area contributed by atoms with Gasteiger partial charge in [0.1, 0.15) is 23.7 Å². The number of fused-ring (bicyclic) bond motifs is 1. The highest BCUT2D eigenvalue weighted by Gasteiger charge is 2.11. The first kappa shape index (κ1) is 13.2. The first-order valence-corrected chi connectivity index (χ1v) is 6.43. The van der Waals surface area contributed by atoms with Gasteiger partial charge in [0.15, 0.2) is 0 Å². The molecule has 106 valence electrons. The fraction of sp³-hybridized carbons (Fsp3) is 0.125. The van der Waals surface area contributed by atoms with Crippen LogP contribution in [0.1, 0.15) is 11.1 Å². The Hall–Kier alpha value is -2.82. The van der Waals surface area contributed by atoms with Gasteiger partial charge in [0, 0.05) is 18.0 Å². The maximum absolute atomic E-state index is 11.4. The van der Waals surface area contributed by atoms with Crippen molar-refractivity contribution in [2.24, 2.45) is 0 Å². The summed E-state index contributed by atoms with van der Waals surface area (Å²) in [7, 11) is 0. The molecule has 2 aromatic heterocycles. The van der Waals surface area contributed by atoms with Crippen molar-refractivity contribution in [2.75, 3.05) is 0 Å². The normalized spacial score (nSPS) is 10.7. The second-order valence-electron chi connectivity index (χ2n) is 4.66. The van der Waals surface area contributed by atoms with E-state index in [1.807, 2.05) is 12.1 Å². The highest BCUT2D eigenvalue weighted by atomic mass is 16.5. The maximum atomic E-state index is 11.4. The van der Waals surface area contributed by atoms with Crippen molar-refractivity contribution in [1.29, 1.82) is 0 Å². The summed E-state index contributed by atoms with van der Waals surface area (Å²) in [4.78, 5) is 15.3. The highest BCUT2D eigenvalue weighted by molar-refractivity contribution is 5.86. The van der Waals surface area contributed by atoms with Crippen LogP contribution in [0.25, 0.3) is 11.0 Å². The minimum absolute atomic E-state index is 0.0926. The van der Waals surface area contributed by atoms with Crippen molar-refractivity contribution >= 4 is 11.0 Å². The number of hydrogen-bond acceptors (Lipinski definition) is 5.